The van der Waals surface area contributed by atoms with Gasteiger partial charge in [0.1, 0.15) is 5.75 Å². The van der Waals surface area contributed by atoms with Gasteiger partial charge < -0.3 is 9.84 Å². The Morgan fingerprint density at radius 3 is 2.34 bits per heavy atom. The molecule has 0 amide bonds. The predicted octanol–water partition coefficient (Wildman–Crippen LogP) is 5.89. The van der Waals surface area contributed by atoms with E-state index in [0.717, 1.165) is 11.6 Å². The van der Waals surface area contributed by atoms with E-state index in [4.69, 9.17) is 0 Å². The van der Waals surface area contributed by atoms with Gasteiger partial charge in [0.2, 0.25) is 0 Å². The van der Waals surface area contributed by atoms with E-state index < -0.39 is 22.4 Å². The first-order valence-electron chi connectivity index (χ1n) is 10.2. The van der Waals surface area contributed by atoms with Gasteiger partial charge >= 0.3 is 12.3 Å². The van der Waals surface area contributed by atoms with Crippen LogP contribution in [0.15, 0.2) is 70.7 Å². The predicted molar refractivity (Wildman–Crippen MR) is 125 cm³/mol. The van der Waals surface area contributed by atoms with Gasteiger partial charge in [-0.15, -0.1) is 24.9 Å². The molecule has 0 aliphatic heterocycles. The van der Waals surface area contributed by atoms with Crippen molar-refractivity contribution in [2.24, 2.45) is 0 Å². The number of thioether (sulfide) groups is 1. The first-order chi connectivity index (χ1) is 16.3. The molecule has 1 aromatic heterocycles. The summed E-state index contributed by atoms with van der Waals surface area (Å²) in [6.45, 7) is 3.63. The molecule has 0 spiro atoms. The van der Waals surface area contributed by atoms with Crippen LogP contribution in [-0.2, 0) is 15.8 Å². The molecule has 3 aromatic rings. The van der Waals surface area contributed by atoms with Gasteiger partial charge in [0.15, 0.2) is 0 Å². The number of hydrogen-bond donors (Lipinski definition) is 2. The maximum atomic E-state index is 12.7. The number of nitrogens with one attached hydrogen (secondary N) is 1. The van der Waals surface area contributed by atoms with Crippen molar-refractivity contribution in [3.8, 4) is 5.75 Å². The number of sulfonamides is 1. The Morgan fingerprint density at radius 2 is 1.80 bits per heavy atom. The van der Waals surface area contributed by atoms with Crippen molar-refractivity contribution in [2.75, 3.05) is 4.72 Å². The summed E-state index contributed by atoms with van der Waals surface area (Å²) < 4.78 is 68.4. The Labute approximate surface area is 204 Å². The number of rotatable bonds is 9. The van der Waals surface area contributed by atoms with E-state index in [1.54, 1.807) is 6.07 Å². The topological polar surface area (TPSA) is 106 Å². The van der Waals surface area contributed by atoms with Gasteiger partial charge in [-0.3, -0.25) is 4.72 Å². The summed E-state index contributed by atoms with van der Waals surface area (Å²) in [5, 5.41) is 10.0. The third-order valence-electron chi connectivity index (χ3n) is 4.72. The molecule has 2 aromatic carbocycles. The fourth-order valence-electron chi connectivity index (χ4n) is 3.08. The van der Waals surface area contributed by atoms with Crippen LogP contribution in [0.2, 0.25) is 0 Å². The third-order valence-corrected chi connectivity index (χ3v) is 7.11. The van der Waals surface area contributed by atoms with Crippen molar-refractivity contribution < 1.29 is 36.2 Å². The number of halogens is 3. The van der Waals surface area contributed by atoms with Crippen LogP contribution >= 0.6 is 11.8 Å². The number of nitrogens with zero attached hydrogens (tertiary/aromatic N) is 1. The molecule has 0 unspecified atom stereocenters. The molecule has 7 nitrogen and oxygen atoms in total. The molecule has 0 aliphatic rings. The normalized spacial score (nSPS) is 11.9. The number of hydrogen-bond acceptors (Lipinski definition) is 6. The Kier molecular flexibility index (Phi) is 7.96. The number of ether oxygens (including phenoxy) is 1. The van der Waals surface area contributed by atoms with E-state index >= 15 is 0 Å². The van der Waals surface area contributed by atoms with Crippen LogP contribution in [0.3, 0.4) is 0 Å². The van der Waals surface area contributed by atoms with Crippen LogP contribution in [0.25, 0.3) is 0 Å². The number of aromatic carboxylic acids is 1. The molecule has 0 radical (unpaired) electrons. The lowest BCUT2D eigenvalue weighted by atomic mass is 9.97. The molecule has 35 heavy (non-hydrogen) atoms. The van der Waals surface area contributed by atoms with E-state index in [2.05, 4.69) is 14.4 Å². The number of benzene rings is 2. The number of carbonyl (C=O) groups is 1. The Balaban J connectivity index is 1.65. The Hall–Kier alpha value is -3.25. The number of anilines is 1. The molecule has 0 saturated carbocycles. The molecule has 1 heterocycles. The number of carboxylic acids is 1. The van der Waals surface area contributed by atoms with Gasteiger partial charge in [-0.25, -0.2) is 18.2 Å². The van der Waals surface area contributed by atoms with Crippen molar-refractivity contribution >= 4 is 33.4 Å². The largest absolute Gasteiger partial charge is 0.573 e. The molecule has 2 N–H and O–H groups in total. The lowest BCUT2D eigenvalue weighted by molar-refractivity contribution is -0.274. The SMILES string of the molecule is CC(C)c1ccc(S(=O)(=O)Nc2ccc(SCc3ccc(OC(F)(F)F)cc3)nc2)cc1C(=O)O. The van der Waals surface area contributed by atoms with E-state index in [1.165, 1.54) is 60.4 Å². The van der Waals surface area contributed by atoms with E-state index in [-0.39, 0.29) is 27.8 Å². The second-order valence-electron chi connectivity index (χ2n) is 7.68. The maximum absolute atomic E-state index is 12.7. The second-order valence-corrected chi connectivity index (χ2v) is 10.4. The summed E-state index contributed by atoms with van der Waals surface area (Å²) >= 11 is 1.31. The van der Waals surface area contributed by atoms with Crippen LogP contribution in [0.1, 0.15) is 41.3 Å². The van der Waals surface area contributed by atoms with Gasteiger partial charge in [-0.1, -0.05) is 32.0 Å². The lowest BCUT2D eigenvalue weighted by Gasteiger charge is -2.13. The Bertz CT molecular complexity index is 1290. The molecular formula is C23H21F3N2O5S2. The van der Waals surface area contributed by atoms with Crippen LogP contribution in [0.4, 0.5) is 18.9 Å². The van der Waals surface area contributed by atoms with Crippen LogP contribution in [-0.4, -0.2) is 30.8 Å². The number of alkyl halides is 3. The third kappa shape index (κ3) is 7.36. The molecule has 0 bridgehead atoms. The van der Waals surface area contributed by atoms with E-state index in [0.29, 0.717) is 16.3 Å². The standard InChI is InChI=1S/C23H21F3N2O5S2/c1-14(2)19-9-8-18(11-20(19)22(29)30)35(31,32)28-16-5-10-21(27-12-16)34-13-15-3-6-17(7-4-15)33-23(24,25)26/h3-12,14,28H,13H2,1-2H3,(H,29,30). The van der Waals surface area contributed by atoms with Crippen molar-refractivity contribution in [2.45, 2.75) is 41.8 Å². The molecule has 186 valence electrons. The average Bonchev–Trinajstić information content (AvgIpc) is 2.78. The number of aromatic nitrogens is 1. The molecule has 0 atom stereocenters. The summed E-state index contributed by atoms with van der Waals surface area (Å²) in [4.78, 5) is 15.6. The minimum absolute atomic E-state index is 0.0780. The van der Waals surface area contributed by atoms with Gasteiger partial charge in [0.05, 0.1) is 27.4 Å². The Morgan fingerprint density at radius 1 is 1.11 bits per heavy atom. The maximum Gasteiger partial charge on any atom is 0.573 e. The number of carboxylic acid groups (broad SMARTS) is 1. The van der Waals surface area contributed by atoms with E-state index in [9.17, 15) is 31.5 Å². The molecule has 12 heteroatoms. The highest BCUT2D eigenvalue weighted by molar-refractivity contribution is 7.98. The van der Waals surface area contributed by atoms with Gasteiger partial charge in [-0.05, 0) is 53.4 Å². The van der Waals surface area contributed by atoms with Crippen molar-refractivity contribution in [3.05, 3.63) is 77.5 Å². The van der Waals surface area contributed by atoms with E-state index in [1.807, 2.05) is 13.8 Å². The summed E-state index contributed by atoms with van der Waals surface area (Å²) in [5.41, 5.74) is 1.38. The van der Waals surface area contributed by atoms with Crippen LogP contribution in [0.5, 0.6) is 5.75 Å². The summed E-state index contributed by atoms with van der Waals surface area (Å²) in [6, 6.07) is 12.5. The van der Waals surface area contributed by atoms with Crippen LogP contribution < -0.4 is 9.46 Å². The quantitative estimate of drug-likeness (QED) is 0.335. The van der Waals surface area contributed by atoms with Crippen molar-refractivity contribution in [1.82, 2.24) is 4.98 Å². The zero-order chi connectivity index (χ0) is 25.8. The smallest absolute Gasteiger partial charge is 0.478 e. The molecular weight excluding hydrogens is 505 g/mol. The molecule has 0 aliphatic carbocycles. The molecule has 0 saturated heterocycles. The minimum atomic E-state index is -4.75. The van der Waals surface area contributed by atoms with Crippen molar-refractivity contribution in [3.63, 3.8) is 0 Å². The lowest BCUT2D eigenvalue weighted by Crippen LogP contribution is -2.16. The first-order valence-corrected chi connectivity index (χ1v) is 12.6. The zero-order valence-corrected chi connectivity index (χ0v) is 20.2. The van der Waals surface area contributed by atoms with Crippen molar-refractivity contribution in [1.29, 1.82) is 0 Å². The summed E-state index contributed by atoms with van der Waals surface area (Å²) in [5.74, 6) is -1.19. The minimum Gasteiger partial charge on any atom is -0.478 e. The molecule has 3 rings (SSSR count). The number of pyridine rings is 1. The summed E-state index contributed by atoms with van der Waals surface area (Å²) in [7, 11) is -4.05. The van der Waals surface area contributed by atoms with Gasteiger partial charge in [-0.2, -0.15) is 0 Å². The highest BCUT2D eigenvalue weighted by atomic mass is 32.2. The fourth-order valence-corrected chi connectivity index (χ4v) is 4.94. The van der Waals surface area contributed by atoms with Crippen LogP contribution in [0, 0.1) is 0 Å². The fraction of sp³-hybridized carbons (Fsp3) is 0.217. The highest BCUT2D eigenvalue weighted by Gasteiger charge is 2.31. The first kappa shape index (κ1) is 26.4. The zero-order valence-electron chi connectivity index (χ0n) is 18.5. The monoisotopic (exact) mass is 526 g/mol. The summed E-state index contributed by atoms with van der Waals surface area (Å²) in [6.07, 6.45) is -3.43. The second kappa shape index (κ2) is 10.6. The average molecular weight is 527 g/mol. The van der Waals surface area contributed by atoms with Gasteiger partial charge in [0, 0.05) is 5.75 Å². The molecule has 0 fully saturated rings. The van der Waals surface area contributed by atoms with Gasteiger partial charge in [0.25, 0.3) is 10.0 Å². The highest BCUT2D eigenvalue weighted by Crippen LogP contribution is 2.27.